The lowest BCUT2D eigenvalue weighted by molar-refractivity contribution is 0.522. The van der Waals surface area contributed by atoms with Crippen molar-refractivity contribution in [2.45, 2.75) is 83.6 Å². The fourth-order valence-corrected chi connectivity index (χ4v) is 3.01. The molecule has 0 radical (unpaired) electrons. The molecular formula is C19H32BrN. The van der Waals surface area contributed by atoms with Crippen molar-refractivity contribution >= 4 is 15.9 Å². The quantitative estimate of drug-likeness (QED) is 0.442. The van der Waals surface area contributed by atoms with E-state index < -0.39 is 0 Å². The summed E-state index contributed by atoms with van der Waals surface area (Å²) in [6.07, 6.45) is 14.6. The highest BCUT2D eigenvalue weighted by atomic mass is 79.9. The average molecular weight is 354 g/mol. The van der Waals surface area contributed by atoms with Crippen molar-refractivity contribution in [1.29, 1.82) is 0 Å². The number of nitrogens with two attached hydrogens (primary N) is 1. The number of rotatable bonds is 12. The van der Waals surface area contributed by atoms with Crippen LogP contribution in [0.4, 0.5) is 0 Å². The molecule has 1 rings (SSSR count). The zero-order valence-corrected chi connectivity index (χ0v) is 15.2. The predicted molar refractivity (Wildman–Crippen MR) is 97.7 cm³/mol. The summed E-state index contributed by atoms with van der Waals surface area (Å²) in [5.41, 5.74) is 7.58. The third kappa shape index (κ3) is 10.1. The molecule has 0 saturated heterocycles. The molecule has 1 unspecified atom stereocenters. The van der Waals surface area contributed by atoms with Gasteiger partial charge in [0.05, 0.1) is 0 Å². The monoisotopic (exact) mass is 353 g/mol. The number of hydrogen-bond donors (Lipinski definition) is 1. The van der Waals surface area contributed by atoms with E-state index in [9.17, 15) is 0 Å². The summed E-state index contributed by atoms with van der Waals surface area (Å²) < 4.78 is 1.14. The van der Waals surface area contributed by atoms with Gasteiger partial charge >= 0.3 is 0 Å². The SMILES string of the molecule is CCCCCCCCCCCC(N)Cc1ccc(Br)cc1. The van der Waals surface area contributed by atoms with Crippen LogP contribution in [0, 0.1) is 0 Å². The van der Waals surface area contributed by atoms with Crippen molar-refractivity contribution in [3.8, 4) is 0 Å². The Morgan fingerprint density at radius 2 is 1.38 bits per heavy atom. The maximum Gasteiger partial charge on any atom is 0.0175 e. The van der Waals surface area contributed by atoms with Gasteiger partial charge in [0.15, 0.2) is 0 Å². The van der Waals surface area contributed by atoms with Crippen molar-refractivity contribution in [3.05, 3.63) is 34.3 Å². The zero-order valence-electron chi connectivity index (χ0n) is 13.6. The molecule has 0 amide bonds. The van der Waals surface area contributed by atoms with Gasteiger partial charge in [-0.15, -0.1) is 0 Å². The van der Waals surface area contributed by atoms with E-state index in [0.29, 0.717) is 6.04 Å². The number of benzene rings is 1. The van der Waals surface area contributed by atoms with Crippen molar-refractivity contribution in [3.63, 3.8) is 0 Å². The molecule has 0 heterocycles. The first-order valence-electron chi connectivity index (χ1n) is 8.72. The molecule has 2 heteroatoms. The lowest BCUT2D eigenvalue weighted by atomic mass is 10.00. The van der Waals surface area contributed by atoms with Crippen LogP contribution in [0.1, 0.15) is 76.7 Å². The molecule has 0 spiro atoms. The van der Waals surface area contributed by atoms with Gasteiger partial charge in [0.1, 0.15) is 0 Å². The van der Waals surface area contributed by atoms with Crippen LogP contribution in [0.2, 0.25) is 0 Å². The molecule has 1 atom stereocenters. The van der Waals surface area contributed by atoms with E-state index in [0.717, 1.165) is 17.3 Å². The molecule has 0 aliphatic heterocycles. The summed E-state index contributed by atoms with van der Waals surface area (Å²) in [5, 5.41) is 0. The lowest BCUT2D eigenvalue weighted by Gasteiger charge is -2.11. The van der Waals surface area contributed by atoms with Crippen LogP contribution in [0.3, 0.4) is 0 Å². The Balaban J connectivity index is 1.96. The van der Waals surface area contributed by atoms with Gasteiger partial charge in [0.2, 0.25) is 0 Å². The Morgan fingerprint density at radius 1 is 0.857 bits per heavy atom. The summed E-state index contributed by atoms with van der Waals surface area (Å²) in [4.78, 5) is 0. The van der Waals surface area contributed by atoms with E-state index >= 15 is 0 Å². The normalized spacial score (nSPS) is 12.5. The van der Waals surface area contributed by atoms with E-state index in [1.807, 2.05) is 0 Å². The fourth-order valence-electron chi connectivity index (χ4n) is 2.74. The molecule has 0 bridgehead atoms. The molecule has 2 N–H and O–H groups in total. The van der Waals surface area contributed by atoms with Crippen molar-refractivity contribution in [2.24, 2.45) is 5.73 Å². The third-order valence-electron chi connectivity index (χ3n) is 4.09. The van der Waals surface area contributed by atoms with Gasteiger partial charge in [-0.25, -0.2) is 0 Å². The summed E-state index contributed by atoms with van der Waals surface area (Å²) in [7, 11) is 0. The summed E-state index contributed by atoms with van der Waals surface area (Å²) in [5.74, 6) is 0. The molecule has 0 aromatic heterocycles. The Morgan fingerprint density at radius 3 is 1.95 bits per heavy atom. The first-order chi connectivity index (χ1) is 10.2. The molecule has 0 fully saturated rings. The first kappa shape index (κ1) is 18.7. The lowest BCUT2D eigenvalue weighted by Crippen LogP contribution is -2.22. The number of unbranched alkanes of at least 4 members (excludes halogenated alkanes) is 8. The second-order valence-electron chi connectivity index (χ2n) is 6.21. The van der Waals surface area contributed by atoms with Gasteiger partial charge in [-0.1, -0.05) is 92.8 Å². The van der Waals surface area contributed by atoms with E-state index in [1.165, 1.54) is 63.4 Å². The minimum absolute atomic E-state index is 0.315. The maximum absolute atomic E-state index is 6.23. The summed E-state index contributed by atoms with van der Waals surface area (Å²) in [6, 6.07) is 8.84. The predicted octanol–water partition coefficient (Wildman–Crippen LogP) is 6.24. The van der Waals surface area contributed by atoms with Crippen molar-refractivity contribution in [1.82, 2.24) is 0 Å². The van der Waals surface area contributed by atoms with E-state index in [1.54, 1.807) is 0 Å². The summed E-state index contributed by atoms with van der Waals surface area (Å²) in [6.45, 7) is 2.28. The topological polar surface area (TPSA) is 26.0 Å². The van der Waals surface area contributed by atoms with Crippen LogP contribution in [0.5, 0.6) is 0 Å². The standard InChI is InChI=1S/C19H32BrN/c1-2-3-4-5-6-7-8-9-10-11-19(21)16-17-12-14-18(20)15-13-17/h12-15,19H,2-11,16,21H2,1H3. The number of halogens is 1. The van der Waals surface area contributed by atoms with Crippen LogP contribution in [-0.2, 0) is 6.42 Å². The van der Waals surface area contributed by atoms with Gasteiger partial charge in [-0.05, 0) is 30.5 Å². The van der Waals surface area contributed by atoms with Crippen LogP contribution in [-0.4, -0.2) is 6.04 Å². The number of hydrogen-bond acceptors (Lipinski definition) is 1. The van der Waals surface area contributed by atoms with Crippen LogP contribution < -0.4 is 5.73 Å². The molecule has 0 saturated carbocycles. The van der Waals surface area contributed by atoms with Gasteiger partial charge < -0.3 is 5.73 Å². The molecule has 0 aliphatic carbocycles. The Hall–Kier alpha value is -0.340. The highest BCUT2D eigenvalue weighted by Gasteiger charge is 2.04. The second kappa shape index (κ2) is 12.2. The summed E-state index contributed by atoms with van der Waals surface area (Å²) >= 11 is 3.47. The molecular weight excluding hydrogens is 322 g/mol. The van der Waals surface area contributed by atoms with E-state index in [4.69, 9.17) is 5.73 Å². The first-order valence-corrected chi connectivity index (χ1v) is 9.51. The minimum Gasteiger partial charge on any atom is -0.327 e. The molecule has 21 heavy (non-hydrogen) atoms. The molecule has 1 aromatic carbocycles. The third-order valence-corrected chi connectivity index (χ3v) is 4.62. The molecule has 1 nitrogen and oxygen atoms in total. The van der Waals surface area contributed by atoms with Gasteiger partial charge in [0.25, 0.3) is 0 Å². The Bertz CT molecular complexity index is 347. The van der Waals surface area contributed by atoms with Crippen LogP contribution in [0.15, 0.2) is 28.7 Å². The highest BCUT2D eigenvalue weighted by Crippen LogP contribution is 2.14. The molecule has 0 aliphatic rings. The highest BCUT2D eigenvalue weighted by molar-refractivity contribution is 9.10. The fraction of sp³-hybridized carbons (Fsp3) is 0.684. The largest absolute Gasteiger partial charge is 0.327 e. The average Bonchev–Trinajstić information content (AvgIpc) is 2.48. The van der Waals surface area contributed by atoms with Gasteiger partial charge in [-0.3, -0.25) is 0 Å². The van der Waals surface area contributed by atoms with E-state index in [-0.39, 0.29) is 0 Å². The van der Waals surface area contributed by atoms with Gasteiger partial charge in [0, 0.05) is 10.5 Å². The molecule has 1 aromatic rings. The van der Waals surface area contributed by atoms with Crippen LogP contribution >= 0.6 is 15.9 Å². The zero-order chi connectivity index (χ0) is 15.3. The smallest absolute Gasteiger partial charge is 0.0175 e. The second-order valence-corrected chi connectivity index (χ2v) is 7.12. The minimum atomic E-state index is 0.315. The Kier molecular flexibility index (Phi) is 10.9. The van der Waals surface area contributed by atoms with Crippen molar-refractivity contribution < 1.29 is 0 Å². The van der Waals surface area contributed by atoms with Crippen molar-refractivity contribution in [2.75, 3.05) is 0 Å². The van der Waals surface area contributed by atoms with Gasteiger partial charge in [-0.2, -0.15) is 0 Å². The Labute approximate surface area is 139 Å². The molecule has 120 valence electrons. The van der Waals surface area contributed by atoms with Crippen LogP contribution in [0.25, 0.3) is 0 Å². The maximum atomic E-state index is 6.23. The van der Waals surface area contributed by atoms with E-state index in [2.05, 4.69) is 47.1 Å².